The predicted molar refractivity (Wildman–Crippen MR) is 134 cm³/mol. The van der Waals surface area contributed by atoms with Crippen molar-refractivity contribution in [3.8, 4) is 0 Å². The molecular weight excluding hydrogens is 476 g/mol. The van der Waals surface area contributed by atoms with E-state index in [2.05, 4.69) is 15.8 Å². The molecule has 1 aromatic heterocycles. The fourth-order valence-electron chi connectivity index (χ4n) is 5.75. The van der Waals surface area contributed by atoms with E-state index in [1.54, 1.807) is 56.3 Å². The Labute approximate surface area is 214 Å². The second-order valence-electron chi connectivity index (χ2n) is 11.2. The van der Waals surface area contributed by atoms with Gasteiger partial charge in [0.15, 0.2) is 11.6 Å². The molecule has 5 atom stereocenters. The van der Waals surface area contributed by atoms with Gasteiger partial charge in [0.1, 0.15) is 17.4 Å². The second-order valence-corrected chi connectivity index (χ2v) is 11.2. The largest absolute Gasteiger partial charge is 0.360 e. The highest BCUT2D eigenvalue weighted by Crippen LogP contribution is 2.60. The van der Waals surface area contributed by atoms with Gasteiger partial charge in [-0.1, -0.05) is 29.4 Å². The van der Waals surface area contributed by atoms with Crippen molar-refractivity contribution in [1.82, 2.24) is 10.5 Å². The first-order chi connectivity index (χ1) is 17.3. The standard InChI is InChI=1S/C27H30N4O6/c1-14-12-18(30-36-14)28-22(33)19-20-24(35)31(17-9-7-8-16(13-17)15(2)32)21(23(34)29-25(3,4)5)27(20)11-10-26(19,6)37-27/h7-13,19-21H,1-6H3,(H,29,34)(H,28,30,33)/t19-,20+,21+,26-,27+/m1/s1. The number of carbonyl (C=O) groups excluding carboxylic acids is 4. The Bertz CT molecular complexity index is 1360. The van der Waals surface area contributed by atoms with Crippen LogP contribution in [-0.2, 0) is 19.1 Å². The summed E-state index contributed by atoms with van der Waals surface area (Å²) in [7, 11) is 0. The number of ether oxygens (including phenoxy) is 1. The van der Waals surface area contributed by atoms with Crippen LogP contribution in [0.15, 0.2) is 47.0 Å². The molecule has 1 spiro atoms. The minimum absolute atomic E-state index is 0.174. The zero-order chi connectivity index (χ0) is 26.9. The number of rotatable bonds is 5. The molecule has 0 aliphatic carbocycles. The van der Waals surface area contributed by atoms with Crippen LogP contribution in [0.5, 0.6) is 0 Å². The van der Waals surface area contributed by atoms with Crippen LogP contribution < -0.4 is 15.5 Å². The van der Waals surface area contributed by atoms with Gasteiger partial charge in [-0.2, -0.15) is 0 Å². The van der Waals surface area contributed by atoms with Gasteiger partial charge in [-0.15, -0.1) is 0 Å². The van der Waals surface area contributed by atoms with Gasteiger partial charge in [-0.25, -0.2) is 0 Å². The zero-order valence-corrected chi connectivity index (χ0v) is 21.6. The second kappa shape index (κ2) is 8.11. The van der Waals surface area contributed by atoms with Crippen molar-refractivity contribution < 1.29 is 28.4 Å². The lowest BCUT2D eigenvalue weighted by atomic mass is 9.70. The molecule has 4 heterocycles. The third-order valence-corrected chi connectivity index (χ3v) is 7.14. The Morgan fingerprint density at radius 1 is 1.11 bits per heavy atom. The molecule has 3 amide bonds. The number of anilines is 2. The number of Topliss-reactive ketones (excluding diaryl/α,β-unsaturated/α-hetero) is 1. The van der Waals surface area contributed by atoms with Crippen molar-refractivity contribution in [1.29, 1.82) is 0 Å². The summed E-state index contributed by atoms with van der Waals surface area (Å²) in [6.07, 6.45) is 3.49. The number of aryl methyl sites for hydroxylation is 1. The molecule has 10 nitrogen and oxygen atoms in total. The predicted octanol–water partition coefficient (Wildman–Crippen LogP) is 2.78. The molecule has 3 aliphatic rings. The minimum atomic E-state index is -1.38. The number of carbonyl (C=O) groups is 4. The van der Waals surface area contributed by atoms with Crippen LogP contribution in [0, 0.1) is 18.8 Å². The van der Waals surface area contributed by atoms with Crippen LogP contribution in [-0.4, -0.2) is 51.4 Å². The third-order valence-electron chi connectivity index (χ3n) is 7.14. The van der Waals surface area contributed by atoms with Gasteiger partial charge >= 0.3 is 0 Å². The van der Waals surface area contributed by atoms with Gasteiger partial charge < -0.3 is 19.9 Å². The Morgan fingerprint density at radius 3 is 2.46 bits per heavy atom. The summed E-state index contributed by atoms with van der Waals surface area (Å²) in [5.74, 6) is -2.65. The van der Waals surface area contributed by atoms with E-state index in [9.17, 15) is 19.2 Å². The smallest absolute Gasteiger partial charge is 0.246 e. The number of aromatic nitrogens is 1. The number of ketones is 1. The SMILES string of the molecule is CC(=O)c1cccc(N2C(=O)[C@@H]3[C@H](C(=O)Nc4cc(C)on4)[C@@]4(C)C=C[C@@]3(O4)[C@@H]2C(=O)NC(C)(C)C)c1. The average molecular weight is 507 g/mol. The van der Waals surface area contributed by atoms with E-state index in [0.717, 1.165) is 0 Å². The minimum Gasteiger partial charge on any atom is -0.360 e. The Kier molecular flexibility index (Phi) is 5.45. The summed E-state index contributed by atoms with van der Waals surface area (Å²) in [5.41, 5.74) is -2.30. The third kappa shape index (κ3) is 3.87. The van der Waals surface area contributed by atoms with E-state index in [4.69, 9.17) is 9.26 Å². The summed E-state index contributed by atoms with van der Waals surface area (Å²) in [6.45, 7) is 10.4. The summed E-state index contributed by atoms with van der Waals surface area (Å²) in [4.78, 5) is 55.0. The quantitative estimate of drug-likeness (QED) is 0.471. The first-order valence-corrected chi connectivity index (χ1v) is 12.2. The van der Waals surface area contributed by atoms with Crippen molar-refractivity contribution in [3.05, 3.63) is 53.8 Å². The number of hydrogen-bond donors (Lipinski definition) is 2. The van der Waals surface area contributed by atoms with Gasteiger partial charge in [0.25, 0.3) is 0 Å². The van der Waals surface area contributed by atoms with Crippen molar-refractivity contribution in [2.24, 2.45) is 11.8 Å². The van der Waals surface area contributed by atoms with Crippen molar-refractivity contribution >= 4 is 35.0 Å². The van der Waals surface area contributed by atoms with Crippen LogP contribution in [0.2, 0.25) is 0 Å². The fourth-order valence-corrected chi connectivity index (χ4v) is 5.75. The molecule has 2 fully saturated rings. The molecule has 0 radical (unpaired) electrons. The van der Waals surface area contributed by atoms with Crippen molar-refractivity contribution in [2.75, 3.05) is 10.2 Å². The number of nitrogens with one attached hydrogen (secondary N) is 2. The molecule has 1 aromatic carbocycles. The molecule has 2 saturated heterocycles. The van der Waals surface area contributed by atoms with E-state index in [0.29, 0.717) is 17.0 Å². The van der Waals surface area contributed by atoms with Gasteiger partial charge in [0.05, 0.1) is 17.4 Å². The van der Waals surface area contributed by atoms with Crippen molar-refractivity contribution in [2.45, 2.75) is 64.3 Å². The van der Waals surface area contributed by atoms with Crippen LogP contribution in [0.25, 0.3) is 0 Å². The molecule has 2 aromatic rings. The molecule has 2 N–H and O–H groups in total. The lowest BCUT2D eigenvalue weighted by Gasteiger charge is -2.35. The van der Waals surface area contributed by atoms with Gasteiger partial charge in [-0.3, -0.25) is 24.1 Å². The van der Waals surface area contributed by atoms with Crippen LogP contribution >= 0.6 is 0 Å². The molecular formula is C27H30N4O6. The maximum atomic E-state index is 14.2. The van der Waals surface area contributed by atoms with Gasteiger partial charge in [0.2, 0.25) is 17.7 Å². The van der Waals surface area contributed by atoms with Gasteiger partial charge in [-0.05, 0) is 53.7 Å². The molecule has 0 saturated carbocycles. The topological polar surface area (TPSA) is 131 Å². The summed E-state index contributed by atoms with van der Waals surface area (Å²) in [6, 6.07) is 7.04. The maximum absolute atomic E-state index is 14.2. The number of nitrogens with zero attached hydrogens (tertiary/aromatic N) is 2. The lowest BCUT2D eigenvalue weighted by molar-refractivity contribution is -0.131. The van der Waals surface area contributed by atoms with Crippen molar-refractivity contribution in [3.63, 3.8) is 0 Å². The fraction of sp³-hybridized carbons (Fsp3) is 0.444. The van der Waals surface area contributed by atoms with Crippen LogP contribution in [0.1, 0.15) is 50.7 Å². The van der Waals surface area contributed by atoms with E-state index in [1.165, 1.54) is 11.8 Å². The number of fused-ring (bicyclic) bond motifs is 1. The summed E-state index contributed by atoms with van der Waals surface area (Å²) in [5, 5.41) is 9.53. The summed E-state index contributed by atoms with van der Waals surface area (Å²) >= 11 is 0. The lowest BCUT2D eigenvalue weighted by Crippen LogP contribution is -2.58. The molecule has 37 heavy (non-hydrogen) atoms. The highest BCUT2D eigenvalue weighted by Gasteiger charge is 2.76. The van der Waals surface area contributed by atoms with Gasteiger partial charge in [0, 0.05) is 22.9 Å². The van der Waals surface area contributed by atoms with E-state index in [1.807, 2.05) is 20.8 Å². The van der Waals surface area contributed by atoms with Crippen LogP contribution in [0.4, 0.5) is 11.5 Å². The molecule has 3 aliphatic heterocycles. The first-order valence-electron chi connectivity index (χ1n) is 12.2. The van der Waals surface area contributed by atoms with Crippen LogP contribution in [0.3, 0.4) is 0 Å². The molecule has 0 unspecified atom stereocenters. The zero-order valence-electron chi connectivity index (χ0n) is 21.6. The number of hydrogen-bond acceptors (Lipinski definition) is 7. The molecule has 5 rings (SSSR count). The number of amides is 3. The monoisotopic (exact) mass is 506 g/mol. The van der Waals surface area contributed by atoms with E-state index in [-0.39, 0.29) is 11.6 Å². The first kappa shape index (κ1) is 24.9. The normalized spacial score (nSPS) is 29.9. The van der Waals surface area contributed by atoms with E-state index >= 15 is 0 Å². The Morgan fingerprint density at radius 2 is 1.84 bits per heavy atom. The highest BCUT2D eigenvalue weighted by atomic mass is 16.5. The molecule has 10 heteroatoms. The summed E-state index contributed by atoms with van der Waals surface area (Å²) < 4.78 is 11.5. The Hall–Kier alpha value is -3.79. The molecule has 194 valence electrons. The number of benzene rings is 1. The molecule has 2 bridgehead atoms. The average Bonchev–Trinajstić information content (AvgIpc) is 3.49. The van der Waals surface area contributed by atoms with E-state index < -0.39 is 52.3 Å². The maximum Gasteiger partial charge on any atom is 0.246 e. The Balaban J connectivity index is 1.61. The highest BCUT2D eigenvalue weighted by molar-refractivity contribution is 6.12.